The third kappa shape index (κ3) is 3.11. The smallest absolute Gasteiger partial charge is 0.136 e. The highest BCUT2D eigenvalue weighted by Gasteiger charge is 2.00. The van der Waals surface area contributed by atoms with E-state index in [0.717, 1.165) is 17.1 Å². The maximum atomic E-state index is 13.3. The molecule has 0 aliphatic heterocycles. The van der Waals surface area contributed by atoms with Gasteiger partial charge >= 0.3 is 0 Å². The van der Waals surface area contributed by atoms with Crippen LogP contribution in [0.3, 0.4) is 0 Å². The quantitative estimate of drug-likeness (QED) is 0.713. The van der Waals surface area contributed by atoms with E-state index in [1.165, 1.54) is 11.6 Å². The van der Waals surface area contributed by atoms with Gasteiger partial charge in [-0.15, -0.1) is 11.8 Å². The molecule has 0 aliphatic rings. The van der Waals surface area contributed by atoms with Gasteiger partial charge in [0.05, 0.1) is 0 Å². The van der Waals surface area contributed by atoms with Gasteiger partial charge in [0.2, 0.25) is 0 Å². The van der Waals surface area contributed by atoms with Crippen molar-refractivity contribution in [1.82, 2.24) is 0 Å². The summed E-state index contributed by atoms with van der Waals surface area (Å²) in [5.41, 5.74) is 1.30. The molecule has 0 aromatic heterocycles. The summed E-state index contributed by atoms with van der Waals surface area (Å²) in [5, 5.41) is 0. The first-order valence-corrected chi connectivity index (χ1v) is 6.26. The van der Waals surface area contributed by atoms with E-state index in [2.05, 4.69) is 12.1 Å². The lowest BCUT2D eigenvalue weighted by molar-refractivity contribution is 0.602. The van der Waals surface area contributed by atoms with E-state index in [0.29, 0.717) is 0 Å². The second-order valence-corrected chi connectivity index (χ2v) is 4.65. The van der Waals surface area contributed by atoms with Gasteiger partial charge in [-0.05, 0) is 24.1 Å². The Morgan fingerprint density at radius 1 is 0.875 bits per heavy atom. The molecule has 2 aromatic rings. The zero-order valence-electron chi connectivity index (χ0n) is 8.90. The molecule has 82 valence electrons. The molecule has 0 amide bonds. The van der Waals surface area contributed by atoms with E-state index in [-0.39, 0.29) is 5.82 Å². The Morgan fingerprint density at radius 3 is 2.31 bits per heavy atom. The van der Waals surface area contributed by atoms with Crippen LogP contribution in [0, 0.1) is 5.82 Å². The molecule has 0 atom stereocenters. The minimum absolute atomic E-state index is 0.124. The van der Waals surface area contributed by atoms with E-state index in [9.17, 15) is 4.39 Å². The molecule has 2 rings (SSSR count). The monoisotopic (exact) mass is 232 g/mol. The van der Waals surface area contributed by atoms with E-state index >= 15 is 0 Å². The lowest BCUT2D eigenvalue weighted by Gasteiger charge is -2.03. The van der Waals surface area contributed by atoms with Crippen LogP contribution in [0.5, 0.6) is 0 Å². The van der Waals surface area contributed by atoms with Crippen LogP contribution < -0.4 is 0 Å². The summed E-state index contributed by atoms with van der Waals surface area (Å²) in [6, 6.07) is 17.2. The van der Waals surface area contributed by atoms with Gasteiger partial charge < -0.3 is 0 Å². The number of halogens is 1. The van der Waals surface area contributed by atoms with Gasteiger partial charge in [0.1, 0.15) is 5.82 Å². The van der Waals surface area contributed by atoms with Crippen molar-refractivity contribution in [3.05, 3.63) is 66.0 Å². The Hall–Kier alpha value is -1.28. The first-order chi connectivity index (χ1) is 7.86. The highest BCUT2D eigenvalue weighted by Crippen LogP contribution is 2.21. The number of hydrogen-bond donors (Lipinski definition) is 0. The first-order valence-electron chi connectivity index (χ1n) is 5.27. The molecule has 0 heterocycles. The highest BCUT2D eigenvalue weighted by atomic mass is 32.2. The second-order valence-electron chi connectivity index (χ2n) is 3.51. The molecule has 2 aromatic carbocycles. The number of benzene rings is 2. The van der Waals surface area contributed by atoms with Crippen LogP contribution in [0.4, 0.5) is 4.39 Å². The Bertz CT molecular complexity index is 439. The lowest BCUT2D eigenvalue weighted by Crippen LogP contribution is -1.89. The average molecular weight is 232 g/mol. The summed E-state index contributed by atoms with van der Waals surface area (Å²) in [4.78, 5) is 0.735. The van der Waals surface area contributed by atoms with E-state index in [4.69, 9.17) is 0 Å². The minimum Gasteiger partial charge on any atom is -0.206 e. The molecule has 0 N–H and O–H groups in total. The predicted molar refractivity (Wildman–Crippen MR) is 67.3 cm³/mol. The van der Waals surface area contributed by atoms with Crippen molar-refractivity contribution in [3.63, 3.8) is 0 Å². The SMILES string of the molecule is Fc1ccccc1SCCc1ccccc1. The van der Waals surface area contributed by atoms with Crippen LogP contribution in [0.1, 0.15) is 5.56 Å². The van der Waals surface area contributed by atoms with Crippen LogP contribution in [-0.4, -0.2) is 5.75 Å². The maximum absolute atomic E-state index is 13.3. The van der Waals surface area contributed by atoms with E-state index in [1.54, 1.807) is 17.8 Å². The Morgan fingerprint density at radius 2 is 1.56 bits per heavy atom. The molecule has 0 fully saturated rings. The van der Waals surface area contributed by atoms with Crippen LogP contribution in [-0.2, 0) is 6.42 Å². The van der Waals surface area contributed by atoms with Crippen molar-refractivity contribution < 1.29 is 4.39 Å². The fourth-order valence-corrected chi connectivity index (χ4v) is 2.42. The topological polar surface area (TPSA) is 0 Å². The van der Waals surface area contributed by atoms with Crippen molar-refractivity contribution in [3.8, 4) is 0 Å². The summed E-state index contributed by atoms with van der Waals surface area (Å²) >= 11 is 1.57. The third-order valence-corrected chi connectivity index (χ3v) is 3.38. The van der Waals surface area contributed by atoms with Gasteiger partial charge in [0, 0.05) is 10.6 Å². The van der Waals surface area contributed by atoms with Crippen molar-refractivity contribution in [1.29, 1.82) is 0 Å². The number of hydrogen-bond acceptors (Lipinski definition) is 1. The van der Waals surface area contributed by atoms with Gasteiger partial charge in [0.25, 0.3) is 0 Å². The fraction of sp³-hybridized carbons (Fsp3) is 0.143. The molecule has 0 bridgehead atoms. The summed E-state index contributed by atoms with van der Waals surface area (Å²) < 4.78 is 13.3. The van der Waals surface area contributed by atoms with Crippen LogP contribution in [0.15, 0.2) is 59.5 Å². The molecular formula is C14H13FS. The van der Waals surface area contributed by atoms with Crippen LogP contribution >= 0.6 is 11.8 Å². The third-order valence-electron chi connectivity index (χ3n) is 2.33. The Kier molecular flexibility index (Phi) is 4.00. The molecule has 0 unspecified atom stereocenters. The van der Waals surface area contributed by atoms with E-state index < -0.39 is 0 Å². The fourth-order valence-electron chi connectivity index (χ4n) is 1.49. The molecule has 0 saturated heterocycles. The largest absolute Gasteiger partial charge is 0.206 e. The van der Waals surface area contributed by atoms with Crippen molar-refractivity contribution in [2.45, 2.75) is 11.3 Å². The van der Waals surface area contributed by atoms with Gasteiger partial charge in [-0.2, -0.15) is 0 Å². The highest BCUT2D eigenvalue weighted by molar-refractivity contribution is 7.99. The molecule has 0 aliphatic carbocycles. The molecule has 0 saturated carbocycles. The van der Waals surface area contributed by atoms with Crippen molar-refractivity contribution >= 4 is 11.8 Å². The first kappa shape index (κ1) is 11.2. The Labute approximate surface area is 99.5 Å². The zero-order chi connectivity index (χ0) is 11.2. The zero-order valence-corrected chi connectivity index (χ0v) is 9.71. The Balaban J connectivity index is 1.87. The molecule has 16 heavy (non-hydrogen) atoms. The van der Waals surface area contributed by atoms with E-state index in [1.807, 2.05) is 30.3 Å². The molecule has 0 nitrogen and oxygen atoms in total. The lowest BCUT2D eigenvalue weighted by atomic mass is 10.2. The number of thioether (sulfide) groups is 1. The van der Waals surface area contributed by atoms with Gasteiger partial charge in [0.15, 0.2) is 0 Å². The standard InChI is InChI=1S/C14H13FS/c15-13-8-4-5-9-14(13)16-11-10-12-6-2-1-3-7-12/h1-9H,10-11H2. The van der Waals surface area contributed by atoms with Crippen molar-refractivity contribution in [2.24, 2.45) is 0 Å². The van der Waals surface area contributed by atoms with Gasteiger partial charge in [-0.25, -0.2) is 4.39 Å². The molecule has 0 spiro atoms. The average Bonchev–Trinajstić information content (AvgIpc) is 2.33. The molecular weight excluding hydrogens is 219 g/mol. The van der Waals surface area contributed by atoms with Crippen LogP contribution in [0.25, 0.3) is 0 Å². The predicted octanol–water partition coefficient (Wildman–Crippen LogP) is 4.16. The summed E-state index contributed by atoms with van der Waals surface area (Å²) in [6.45, 7) is 0. The van der Waals surface area contributed by atoms with Crippen molar-refractivity contribution in [2.75, 3.05) is 5.75 Å². The summed E-state index contributed by atoms with van der Waals surface area (Å²) in [7, 11) is 0. The van der Waals surface area contributed by atoms with Gasteiger partial charge in [-0.3, -0.25) is 0 Å². The number of rotatable bonds is 4. The summed E-state index contributed by atoms with van der Waals surface area (Å²) in [6.07, 6.45) is 0.972. The normalized spacial score (nSPS) is 10.3. The van der Waals surface area contributed by atoms with Crippen LogP contribution in [0.2, 0.25) is 0 Å². The molecule has 2 heteroatoms. The maximum Gasteiger partial charge on any atom is 0.136 e. The molecule has 0 radical (unpaired) electrons. The van der Waals surface area contributed by atoms with Gasteiger partial charge in [-0.1, -0.05) is 42.5 Å². The second kappa shape index (κ2) is 5.71. The minimum atomic E-state index is -0.124. The summed E-state index contributed by atoms with van der Waals surface area (Å²) in [5.74, 6) is 0.783. The number of aryl methyl sites for hydroxylation is 1.